The van der Waals surface area contributed by atoms with Crippen molar-refractivity contribution in [3.8, 4) is 0 Å². The van der Waals surface area contributed by atoms with Crippen molar-refractivity contribution in [2.75, 3.05) is 0 Å². The highest BCUT2D eigenvalue weighted by atomic mass is 16.1. The SMILES string of the molecule is CC(=O)N[C@]1(C)CCC2C[C@H]1C(C)=NC2(C)C. The zero-order valence-corrected chi connectivity index (χ0v) is 11.6. The molecule has 2 aliphatic rings. The molecule has 0 saturated heterocycles. The zero-order chi connectivity index (χ0) is 12.8. The largest absolute Gasteiger partial charge is 0.351 e. The smallest absolute Gasteiger partial charge is 0.217 e. The van der Waals surface area contributed by atoms with Gasteiger partial charge in [0, 0.05) is 24.1 Å². The average Bonchev–Trinajstić information content (AvgIpc) is 2.13. The van der Waals surface area contributed by atoms with E-state index in [0.29, 0.717) is 11.8 Å². The number of aliphatic imine (C=N–C) groups is 1. The second kappa shape index (κ2) is 3.82. The van der Waals surface area contributed by atoms with Crippen LogP contribution < -0.4 is 5.32 Å². The minimum atomic E-state index is -0.0909. The normalized spacial score (nSPS) is 39.5. The molecule has 0 aromatic carbocycles. The summed E-state index contributed by atoms with van der Waals surface area (Å²) < 4.78 is 0. The molecule has 3 nitrogen and oxygen atoms in total. The summed E-state index contributed by atoms with van der Waals surface area (Å²) in [5, 5.41) is 3.15. The lowest BCUT2D eigenvalue weighted by atomic mass is 9.61. The van der Waals surface area contributed by atoms with Gasteiger partial charge in [0.05, 0.1) is 5.54 Å². The molecule has 1 amide bonds. The van der Waals surface area contributed by atoms with E-state index >= 15 is 0 Å². The van der Waals surface area contributed by atoms with Gasteiger partial charge < -0.3 is 5.32 Å². The van der Waals surface area contributed by atoms with Gasteiger partial charge >= 0.3 is 0 Å². The van der Waals surface area contributed by atoms with E-state index in [4.69, 9.17) is 4.99 Å². The van der Waals surface area contributed by atoms with Crippen molar-refractivity contribution in [2.24, 2.45) is 16.8 Å². The van der Waals surface area contributed by atoms with Gasteiger partial charge in [0.1, 0.15) is 0 Å². The van der Waals surface area contributed by atoms with Crippen molar-refractivity contribution in [1.29, 1.82) is 0 Å². The maximum absolute atomic E-state index is 11.4. The number of carbonyl (C=O) groups is 1. The number of rotatable bonds is 1. The Morgan fingerprint density at radius 3 is 2.65 bits per heavy atom. The third-order valence-electron chi connectivity index (χ3n) is 4.73. The summed E-state index contributed by atoms with van der Waals surface area (Å²) in [6.45, 7) is 10.4. The van der Waals surface area contributed by atoms with E-state index in [9.17, 15) is 4.79 Å². The van der Waals surface area contributed by atoms with Crippen LogP contribution in [0.3, 0.4) is 0 Å². The molecule has 1 saturated carbocycles. The van der Waals surface area contributed by atoms with Crippen LogP contribution in [-0.2, 0) is 4.79 Å². The van der Waals surface area contributed by atoms with Crippen LogP contribution in [0.2, 0.25) is 0 Å². The molecular formula is C14H24N2O. The Bertz CT molecular complexity index is 372. The molecule has 1 fully saturated rings. The summed E-state index contributed by atoms with van der Waals surface area (Å²) in [6, 6.07) is 0. The molecular weight excluding hydrogens is 212 g/mol. The lowest BCUT2D eigenvalue weighted by Crippen LogP contribution is -2.59. The standard InChI is InChI=1S/C14H24N2O/c1-9-12-8-11(13(3,4)15-9)6-7-14(12,5)16-10(2)17/h11-12H,6-8H2,1-5H3,(H,16,17)/t11?,12-,14+/m0/s1. The van der Waals surface area contributed by atoms with Crippen molar-refractivity contribution in [3.05, 3.63) is 0 Å². The van der Waals surface area contributed by atoms with Gasteiger partial charge in [0.2, 0.25) is 5.91 Å². The van der Waals surface area contributed by atoms with Crippen molar-refractivity contribution < 1.29 is 4.79 Å². The molecule has 0 radical (unpaired) electrons. The maximum atomic E-state index is 11.4. The monoisotopic (exact) mass is 236 g/mol. The first kappa shape index (κ1) is 12.6. The van der Waals surface area contributed by atoms with Crippen molar-refractivity contribution in [3.63, 3.8) is 0 Å². The molecule has 1 heterocycles. The Morgan fingerprint density at radius 2 is 2.06 bits per heavy atom. The Morgan fingerprint density at radius 1 is 1.41 bits per heavy atom. The van der Waals surface area contributed by atoms with Crippen LogP contribution in [0, 0.1) is 11.8 Å². The van der Waals surface area contributed by atoms with E-state index in [1.54, 1.807) is 6.92 Å². The fourth-order valence-corrected chi connectivity index (χ4v) is 3.76. The Balaban J connectivity index is 2.31. The van der Waals surface area contributed by atoms with Gasteiger partial charge in [-0.1, -0.05) is 0 Å². The molecule has 96 valence electrons. The van der Waals surface area contributed by atoms with Crippen molar-refractivity contribution in [1.82, 2.24) is 5.32 Å². The Hall–Kier alpha value is -0.860. The van der Waals surface area contributed by atoms with Gasteiger partial charge in [-0.15, -0.1) is 0 Å². The molecule has 3 heteroatoms. The van der Waals surface area contributed by atoms with Gasteiger partial charge in [-0.3, -0.25) is 9.79 Å². The van der Waals surface area contributed by atoms with E-state index in [2.05, 4.69) is 33.0 Å². The third-order valence-corrected chi connectivity index (χ3v) is 4.73. The van der Waals surface area contributed by atoms with E-state index in [0.717, 1.165) is 12.8 Å². The number of hydrogen-bond donors (Lipinski definition) is 1. The maximum Gasteiger partial charge on any atom is 0.217 e. The minimum Gasteiger partial charge on any atom is -0.351 e. The highest BCUT2D eigenvalue weighted by Gasteiger charge is 2.48. The molecule has 1 unspecified atom stereocenters. The predicted molar refractivity (Wildman–Crippen MR) is 70.2 cm³/mol. The third kappa shape index (κ3) is 2.12. The molecule has 2 bridgehead atoms. The fourth-order valence-electron chi connectivity index (χ4n) is 3.76. The first-order valence-electron chi connectivity index (χ1n) is 6.60. The second-order valence-corrected chi connectivity index (χ2v) is 6.53. The summed E-state index contributed by atoms with van der Waals surface area (Å²) in [7, 11) is 0. The average molecular weight is 236 g/mol. The van der Waals surface area contributed by atoms with Crippen molar-refractivity contribution in [2.45, 2.75) is 65.0 Å². The summed E-state index contributed by atoms with van der Waals surface area (Å²) in [6.07, 6.45) is 3.40. The van der Waals surface area contributed by atoms with Crippen LogP contribution >= 0.6 is 0 Å². The van der Waals surface area contributed by atoms with Crippen LogP contribution in [0.25, 0.3) is 0 Å². The van der Waals surface area contributed by atoms with Crippen LogP contribution in [0.5, 0.6) is 0 Å². The first-order valence-corrected chi connectivity index (χ1v) is 6.60. The van der Waals surface area contributed by atoms with Crippen LogP contribution in [0.1, 0.15) is 53.9 Å². The summed E-state index contributed by atoms with van der Waals surface area (Å²) in [5.74, 6) is 1.15. The van der Waals surface area contributed by atoms with Crippen molar-refractivity contribution >= 4 is 11.6 Å². The van der Waals surface area contributed by atoms with E-state index in [-0.39, 0.29) is 17.0 Å². The number of fused-ring (bicyclic) bond motifs is 2. The Labute approximate surface area is 104 Å². The number of nitrogens with one attached hydrogen (secondary N) is 1. The number of carbonyl (C=O) groups excluding carboxylic acids is 1. The lowest BCUT2D eigenvalue weighted by Gasteiger charge is -2.51. The van der Waals surface area contributed by atoms with E-state index in [1.807, 2.05) is 0 Å². The number of hydrogen-bond acceptors (Lipinski definition) is 2. The summed E-state index contributed by atoms with van der Waals surface area (Å²) >= 11 is 0. The minimum absolute atomic E-state index is 0.0728. The lowest BCUT2D eigenvalue weighted by molar-refractivity contribution is -0.121. The van der Waals surface area contributed by atoms with Gasteiger partial charge in [-0.2, -0.15) is 0 Å². The van der Waals surface area contributed by atoms with Gasteiger partial charge in [0.25, 0.3) is 0 Å². The van der Waals surface area contributed by atoms with Gasteiger partial charge in [-0.05, 0) is 52.9 Å². The van der Waals surface area contributed by atoms with Crippen LogP contribution in [-0.4, -0.2) is 22.7 Å². The highest BCUT2D eigenvalue weighted by molar-refractivity contribution is 5.88. The molecule has 2 rings (SSSR count). The van der Waals surface area contributed by atoms with Crippen LogP contribution in [0.4, 0.5) is 0 Å². The summed E-state index contributed by atoms with van der Waals surface area (Å²) in [4.78, 5) is 16.2. The topological polar surface area (TPSA) is 41.5 Å². The molecule has 0 aromatic heterocycles. The second-order valence-electron chi connectivity index (χ2n) is 6.53. The predicted octanol–water partition coefficient (Wildman–Crippen LogP) is 2.55. The first-order chi connectivity index (χ1) is 7.74. The fraction of sp³-hybridized carbons (Fsp3) is 0.857. The number of nitrogens with zero attached hydrogens (tertiary/aromatic N) is 1. The van der Waals surface area contributed by atoms with E-state index in [1.165, 1.54) is 12.1 Å². The highest BCUT2D eigenvalue weighted by Crippen LogP contribution is 2.46. The van der Waals surface area contributed by atoms with E-state index < -0.39 is 0 Å². The summed E-state index contributed by atoms with van der Waals surface area (Å²) in [5.41, 5.74) is 1.20. The molecule has 1 aliphatic heterocycles. The molecule has 1 N–H and O–H groups in total. The Kier molecular flexibility index (Phi) is 2.83. The van der Waals surface area contributed by atoms with Crippen LogP contribution in [0.15, 0.2) is 4.99 Å². The molecule has 1 aliphatic carbocycles. The molecule has 0 aromatic rings. The zero-order valence-electron chi connectivity index (χ0n) is 11.6. The molecule has 17 heavy (non-hydrogen) atoms. The van der Waals surface area contributed by atoms with Gasteiger partial charge in [0.15, 0.2) is 0 Å². The quantitative estimate of drug-likeness (QED) is 0.747. The molecule has 3 atom stereocenters. The van der Waals surface area contributed by atoms with Gasteiger partial charge in [-0.25, -0.2) is 0 Å². The molecule has 0 spiro atoms. The number of amides is 1.